The normalized spacial score (nSPS) is 20.6. The van der Waals surface area contributed by atoms with Crippen molar-refractivity contribution in [1.82, 2.24) is 0 Å². The number of hydrogen-bond acceptors (Lipinski definition) is 3. The second-order valence-electron chi connectivity index (χ2n) is 5.71. The van der Waals surface area contributed by atoms with Gasteiger partial charge >= 0.3 is 0 Å². The number of rotatable bonds is 2. The summed E-state index contributed by atoms with van der Waals surface area (Å²) in [5.41, 5.74) is 9.80. The maximum absolute atomic E-state index is 11.4. The van der Waals surface area contributed by atoms with E-state index in [1.54, 1.807) is 0 Å². The largest absolute Gasteiger partial charge is 0.397 e. The minimum absolute atomic E-state index is 0.0497. The van der Waals surface area contributed by atoms with Crippen LogP contribution in [0.4, 0.5) is 17.1 Å². The first-order valence-corrected chi connectivity index (χ1v) is 6.56. The first-order valence-electron chi connectivity index (χ1n) is 6.56. The fourth-order valence-electron chi connectivity index (χ4n) is 3.01. The van der Waals surface area contributed by atoms with Crippen LogP contribution in [0.25, 0.3) is 0 Å². The van der Waals surface area contributed by atoms with Crippen molar-refractivity contribution in [2.45, 2.75) is 44.6 Å². The van der Waals surface area contributed by atoms with Gasteiger partial charge in [-0.25, -0.2) is 0 Å². The molecule has 4 heteroatoms. The highest BCUT2D eigenvalue weighted by atomic mass is 16.1. The number of carbonyl (C=O) groups is 1. The van der Waals surface area contributed by atoms with E-state index in [1.165, 1.54) is 25.7 Å². The van der Waals surface area contributed by atoms with E-state index in [4.69, 9.17) is 5.73 Å². The first-order chi connectivity index (χ1) is 8.56. The summed E-state index contributed by atoms with van der Waals surface area (Å²) < 4.78 is 0. The molecule has 18 heavy (non-hydrogen) atoms. The number of amides is 1. The summed E-state index contributed by atoms with van der Waals surface area (Å²) in [6.45, 7) is 2.24. The van der Waals surface area contributed by atoms with Gasteiger partial charge in [-0.1, -0.05) is 12.8 Å². The number of carbonyl (C=O) groups excluding carboxylic acids is 1. The summed E-state index contributed by atoms with van der Waals surface area (Å²) in [7, 11) is 0. The van der Waals surface area contributed by atoms with Crippen molar-refractivity contribution < 1.29 is 4.79 Å². The van der Waals surface area contributed by atoms with Crippen LogP contribution < -0.4 is 16.4 Å². The molecule has 96 valence electrons. The highest BCUT2D eigenvalue weighted by molar-refractivity contribution is 6.00. The zero-order valence-electron chi connectivity index (χ0n) is 10.7. The summed E-state index contributed by atoms with van der Waals surface area (Å²) in [4.78, 5) is 11.4. The van der Waals surface area contributed by atoms with E-state index in [1.807, 2.05) is 12.1 Å². The molecule has 1 amide bonds. The monoisotopic (exact) mass is 245 g/mol. The number of hydrogen-bond donors (Lipinski definition) is 3. The summed E-state index contributed by atoms with van der Waals surface area (Å²) in [5, 5.41) is 6.42. The minimum atomic E-state index is 0.0497. The molecule has 1 aliphatic heterocycles. The molecule has 0 spiro atoms. The predicted octanol–water partition coefficient (Wildman–Crippen LogP) is 2.51. The Hall–Kier alpha value is -1.71. The SMILES string of the molecule is CC1(Nc2cc3c(cc2N)CC(=O)N3)CCCC1. The highest BCUT2D eigenvalue weighted by Gasteiger charge is 2.29. The Morgan fingerprint density at radius 3 is 2.78 bits per heavy atom. The lowest BCUT2D eigenvalue weighted by molar-refractivity contribution is -0.115. The number of nitrogens with two attached hydrogens (primary N) is 1. The van der Waals surface area contributed by atoms with Crippen LogP contribution in [0.1, 0.15) is 38.2 Å². The molecule has 0 saturated heterocycles. The van der Waals surface area contributed by atoms with Gasteiger partial charge in [0.1, 0.15) is 0 Å². The van der Waals surface area contributed by atoms with Crippen molar-refractivity contribution in [2.24, 2.45) is 0 Å². The molecule has 1 fully saturated rings. The molecule has 1 aromatic rings. The van der Waals surface area contributed by atoms with Gasteiger partial charge in [0.25, 0.3) is 0 Å². The lowest BCUT2D eigenvalue weighted by Gasteiger charge is -2.28. The van der Waals surface area contributed by atoms with Gasteiger partial charge in [0.15, 0.2) is 0 Å². The van der Waals surface area contributed by atoms with E-state index < -0.39 is 0 Å². The van der Waals surface area contributed by atoms with E-state index >= 15 is 0 Å². The molecular weight excluding hydrogens is 226 g/mol. The molecule has 4 N–H and O–H groups in total. The molecule has 0 radical (unpaired) electrons. The van der Waals surface area contributed by atoms with Gasteiger partial charge in [-0.2, -0.15) is 0 Å². The van der Waals surface area contributed by atoms with Crippen LogP contribution in [0.3, 0.4) is 0 Å². The number of nitrogens with one attached hydrogen (secondary N) is 2. The van der Waals surface area contributed by atoms with Crippen molar-refractivity contribution >= 4 is 23.0 Å². The van der Waals surface area contributed by atoms with Crippen LogP contribution >= 0.6 is 0 Å². The van der Waals surface area contributed by atoms with Gasteiger partial charge in [0.05, 0.1) is 17.8 Å². The fourth-order valence-corrected chi connectivity index (χ4v) is 3.01. The van der Waals surface area contributed by atoms with Crippen LogP contribution in [0.5, 0.6) is 0 Å². The van der Waals surface area contributed by atoms with E-state index in [0.717, 1.165) is 22.6 Å². The van der Waals surface area contributed by atoms with Gasteiger partial charge < -0.3 is 16.4 Å². The van der Waals surface area contributed by atoms with Crippen molar-refractivity contribution in [3.8, 4) is 0 Å². The van der Waals surface area contributed by atoms with Crippen LogP contribution in [0, 0.1) is 0 Å². The maximum Gasteiger partial charge on any atom is 0.228 e. The van der Waals surface area contributed by atoms with Crippen LogP contribution in [0.2, 0.25) is 0 Å². The van der Waals surface area contributed by atoms with Crippen LogP contribution in [0.15, 0.2) is 12.1 Å². The second kappa shape index (κ2) is 3.90. The van der Waals surface area contributed by atoms with Gasteiger partial charge in [-0.3, -0.25) is 4.79 Å². The number of fused-ring (bicyclic) bond motifs is 1. The van der Waals surface area contributed by atoms with Gasteiger partial charge in [-0.15, -0.1) is 0 Å². The Bertz CT molecular complexity index is 504. The fraction of sp³-hybridized carbons (Fsp3) is 0.500. The second-order valence-corrected chi connectivity index (χ2v) is 5.71. The Kier molecular flexibility index (Phi) is 2.47. The Morgan fingerprint density at radius 1 is 1.33 bits per heavy atom. The molecule has 1 aromatic carbocycles. The van der Waals surface area contributed by atoms with E-state index in [2.05, 4.69) is 17.6 Å². The number of nitrogen functional groups attached to an aromatic ring is 1. The molecule has 0 aromatic heterocycles. The number of benzene rings is 1. The van der Waals surface area contributed by atoms with Crippen molar-refractivity contribution in [1.29, 1.82) is 0 Å². The van der Waals surface area contributed by atoms with Gasteiger partial charge in [0.2, 0.25) is 5.91 Å². The quantitative estimate of drug-likeness (QED) is 0.701. The standard InChI is InChI=1S/C14H19N3O/c1-14(4-2-3-5-14)17-12-8-11-9(6-10(12)15)7-13(18)16-11/h6,8,17H,2-5,7,15H2,1H3,(H,16,18). The van der Waals surface area contributed by atoms with Crippen molar-refractivity contribution in [3.05, 3.63) is 17.7 Å². The summed E-state index contributed by atoms with van der Waals surface area (Å²) in [6.07, 6.45) is 5.33. The predicted molar refractivity (Wildman–Crippen MR) is 73.7 cm³/mol. The zero-order valence-corrected chi connectivity index (χ0v) is 10.7. The Morgan fingerprint density at radius 2 is 2.06 bits per heavy atom. The third-order valence-electron chi connectivity index (χ3n) is 4.04. The van der Waals surface area contributed by atoms with Crippen LogP contribution in [-0.2, 0) is 11.2 Å². The molecule has 4 nitrogen and oxygen atoms in total. The number of anilines is 3. The molecule has 3 rings (SSSR count). The average Bonchev–Trinajstić information content (AvgIpc) is 2.85. The highest BCUT2D eigenvalue weighted by Crippen LogP contribution is 2.37. The third kappa shape index (κ3) is 1.92. The third-order valence-corrected chi connectivity index (χ3v) is 4.04. The zero-order chi connectivity index (χ0) is 12.8. The minimum Gasteiger partial charge on any atom is -0.397 e. The van der Waals surface area contributed by atoms with Crippen molar-refractivity contribution in [3.63, 3.8) is 0 Å². The Labute approximate surface area is 107 Å². The van der Waals surface area contributed by atoms with E-state index in [0.29, 0.717) is 6.42 Å². The molecular formula is C14H19N3O. The van der Waals surface area contributed by atoms with Crippen LogP contribution in [-0.4, -0.2) is 11.4 Å². The maximum atomic E-state index is 11.4. The van der Waals surface area contributed by atoms with Crippen molar-refractivity contribution in [2.75, 3.05) is 16.4 Å². The van der Waals surface area contributed by atoms with Gasteiger partial charge in [0, 0.05) is 11.2 Å². The smallest absolute Gasteiger partial charge is 0.228 e. The molecule has 2 aliphatic rings. The van der Waals surface area contributed by atoms with E-state index in [9.17, 15) is 4.79 Å². The molecule has 0 bridgehead atoms. The lowest BCUT2D eigenvalue weighted by Crippen LogP contribution is -2.31. The van der Waals surface area contributed by atoms with E-state index in [-0.39, 0.29) is 11.4 Å². The Balaban J connectivity index is 1.89. The molecule has 1 aliphatic carbocycles. The molecule has 1 heterocycles. The van der Waals surface area contributed by atoms with Gasteiger partial charge in [-0.05, 0) is 37.5 Å². The molecule has 1 saturated carbocycles. The molecule has 0 unspecified atom stereocenters. The summed E-state index contributed by atoms with van der Waals surface area (Å²) >= 11 is 0. The lowest BCUT2D eigenvalue weighted by atomic mass is 9.99. The molecule has 0 atom stereocenters. The topological polar surface area (TPSA) is 67.1 Å². The summed E-state index contributed by atoms with van der Waals surface area (Å²) in [5.74, 6) is 0.0497. The average molecular weight is 245 g/mol. The summed E-state index contributed by atoms with van der Waals surface area (Å²) in [6, 6.07) is 3.88. The first kappa shape index (κ1) is 11.4.